The maximum atomic E-state index is 13.6. The number of nitriles is 1. The molecule has 2 aromatic heterocycles. The zero-order chi connectivity index (χ0) is 28.3. The monoisotopic (exact) mass is 581 g/mol. The first-order chi connectivity index (χ1) is 19.3. The van der Waals surface area contributed by atoms with Crippen LogP contribution in [-0.4, -0.2) is 54.9 Å². The van der Waals surface area contributed by atoms with Gasteiger partial charge in [0, 0.05) is 30.6 Å². The molecule has 1 saturated heterocycles. The largest absolute Gasteiger partial charge is 0.369 e. The third-order valence-electron chi connectivity index (χ3n) is 7.77. The number of aromatic nitrogens is 2. The number of thiazole rings is 1. The Morgan fingerprint density at radius 1 is 1.18 bits per heavy atom. The van der Waals surface area contributed by atoms with E-state index in [0.29, 0.717) is 30.2 Å². The maximum Gasteiger partial charge on any atom is 0.224 e. The predicted octanol–water partition coefficient (Wildman–Crippen LogP) is 4.94. The Morgan fingerprint density at radius 2 is 1.90 bits per heavy atom. The van der Waals surface area contributed by atoms with E-state index >= 15 is 0 Å². The van der Waals surface area contributed by atoms with Crippen LogP contribution in [0.2, 0.25) is 0 Å². The van der Waals surface area contributed by atoms with Crippen molar-refractivity contribution in [2.45, 2.75) is 51.0 Å². The van der Waals surface area contributed by atoms with Crippen LogP contribution in [0.15, 0.2) is 42.6 Å². The highest BCUT2D eigenvalue weighted by Gasteiger charge is 2.36. The van der Waals surface area contributed by atoms with Gasteiger partial charge in [-0.3, -0.25) is 9.78 Å². The van der Waals surface area contributed by atoms with Crippen molar-refractivity contribution in [2.75, 3.05) is 29.5 Å². The average Bonchev–Trinajstić information content (AvgIpc) is 3.41. The normalized spacial score (nSPS) is 21.4. The van der Waals surface area contributed by atoms with Gasteiger partial charge in [-0.1, -0.05) is 31.9 Å². The molecule has 8 nitrogen and oxygen atoms in total. The minimum atomic E-state index is -2.97. The molecule has 11 heteroatoms. The van der Waals surface area contributed by atoms with Crippen molar-refractivity contribution in [2.24, 2.45) is 5.92 Å². The van der Waals surface area contributed by atoms with Gasteiger partial charge in [0.1, 0.15) is 16.9 Å². The van der Waals surface area contributed by atoms with Crippen molar-refractivity contribution >= 4 is 32.8 Å². The zero-order valence-corrected chi connectivity index (χ0v) is 24.0. The third kappa shape index (κ3) is 6.18. The molecule has 2 unspecified atom stereocenters. The second kappa shape index (κ2) is 12.0. The second-order valence-corrected chi connectivity index (χ2v) is 13.7. The fourth-order valence-electron chi connectivity index (χ4n) is 5.47. The number of benzene rings is 1. The van der Waals surface area contributed by atoms with E-state index in [1.165, 1.54) is 23.6 Å². The number of rotatable bonds is 7. The van der Waals surface area contributed by atoms with Crippen LogP contribution in [0.5, 0.6) is 0 Å². The van der Waals surface area contributed by atoms with Crippen LogP contribution in [0.1, 0.15) is 50.6 Å². The number of hydrogen-bond acceptors (Lipinski definition) is 8. The molecule has 1 aliphatic heterocycles. The lowest BCUT2D eigenvalue weighted by Crippen LogP contribution is -2.41. The van der Waals surface area contributed by atoms with E-state index in [2.05, 4.69) is 21.3 Å². The molecule has 3 heterocycles. The van der Waals surface area contributed by atoms with Crippen molar-refractivity contribution in [1.29, 1.82) is 5.26 Å². The number of carbonyl (C=O) groups excluding carboxylic acids is 1. The Kier molecular flexibility index (Phi) is 8.47. The molecular weight excluding hydrogens is 549 g/mol. The number of pyridine rings is 1. The van der Waals surface area contributed by atoms with Gasteiger partial charge < -0.3 is 10.2 Å². The molecule has 2 fully saturated rings. The summed E-state index contributed by atoms with van der Waals surface area (Å²) in [7, 11) is -2.97. The summed E-state index contributed by atoms with van der Waals surface area (Å²) in [6.07, 6.45) is 5.14. The Morgan fingerprint density at radius 3 is 2.55 bits per heavy atom. The van der Waals surface area contributed by atoms with Gasteiger partial charge in [-0.15, -0.1) is 11.3 Å². The fourth-order valence-corrected chi connectivity index (χ4v) is 7.79. The van der Waals surface area contributed by atoms with Crippen molar-refractivity contribution in [3.8, 4) is 27.2 Å². The standard InChI is InChI=1S/C29H32FN5O3S2/c1-2-21(17-31)33-28(36)24-6-4-3-5-23(24)26-27(39-29(34-26)25-12-9-20(30)18-32-25)19-7-10-22(11-8-19)35-13-15-40(37,38)16-14-35/h7-12,18,21,23-24H,2-6,13-16H2,1H3,(H,33,36)/t21?,23-,24?/m1/s1. The summed E-state index contributed by atoms with van der Waals surface area (Å²) < 4.78 is 37.3. The van der Waals surface area contributed by atoms with Gasteiger partial charge in [0.15, 0.2) is 9.84 Å². The molecule has 1 amide bonds. The number of amides is 1. The number of nitrogens with zero attached hydrogens (tertiary/aromatic N) is 4. The molecule has 3 aromatic rings. The smallest absolute Gasteiger partial charge is 0.224 e. The van der Waals surface area contributed by atoms with Crippen LogP contribution in [0, 0.1) is 23.1 Å². The van der Waals surface area contributed by atoms with E-state index in [0.717, 1.165) is 47.5 Å². The van der Waals surface area contributed by atoms with Crippen LogP contribution < -0.4 is 10.2 Å². The Hall–Kier alpha value is -3.36. The van der Waals surface area contributed by atoms with Crippen molar-refractivity contribution in [3.63, 3.8) is 0 Å². The van der Waals surface area contributed by atoms with Crippen LogP contribution in [0.4, 0.5) is 10.1 Å². The Balaban J connectivity index is 1.50. The minimum Gasteiger partial charge on any atom is -0.369 e. The highest BCUT2D eigenvalue weighted by molar-refractivity contribution is 7.91. The number of nitrogens with one attached hydrogen (secondary N) is 1. The van der Waals surface area contributed by atoms with Crippen molar-refractivity contribution < 1.29 is 17.6 Å². The van der Waals surface area contributed by atoms with Gasteiger partial charge in [0.05, 0.1) is 40.0 Å². The molecule has 1 N–H and O–H groups in total. The minimum absolute atomic E-state index is 0.117. The van der Waals surface area contributed by atoms with E-state index in [-0.39, 0.29) is 29.2 Å². The van der Waals surface area contributed by atoms with Crippen LogP contribution in [0.25, 0.3) is 21.1 Å². The predicted molar refractivity (Wildman–Crippen MR) is 154 cm³/mol. The number of carbonyl (C=O) groups is 1. The van der Waals surface area contributed by atoms with Gasteiger partial charge in [-0.05, 0) is 49.1 Å². The first-order valence-electron chi connectivity index (χ1n) is 13.7. The molecule has 0 radical (unpaired) electrons. The molecule has 1 saturated carbocycles. The van der Waals surface area contributed by atoms with E-state index in [9.17, 15) is 22.9 Å². The Bertz CT molecular complexity index is 1490. The van der Waals surface area contributed by atoms with Gasteiger partial charge in [-0.2, -0.15) is 5.26 Å². The number of hydrogen-bond donors (Lipinski definition) is 1. The molecule has 5 rings (SSSR count). The highest BCUT2D eigenvalue weighted by atomic mass is 32.2. The van der Waals surface area contributed by atoms with Crippen molar-refractivity contribution in [3.05, 3.63) is 54.1 Å². The van der Waals surface area contributed by atoms with E-state index < -0.39 is 21.7 Å². The van der Waals surface area contributed by atoms with Gasteiger partial charge >= 0.3 is 0 Å². The maximum absolute atomic E-state index is 13.6. The third-order valence-corrected chi connectivity index (χ3v) is 10.5. The Labute approximate surface area is 238 Å². The first-order valence-corrected chi connectivity index (χ1v) is 16.3. The lowest BCUT2D eigenvalue weighted by atomic mass is 9.76. The average molecular weight is 582 g/mol. The van der Waals surface area contributed by atoms with Crippen LogP contribution in [0.3, 0.4) is 0 Å². The van der Waals surface area contributed by atoms with E-state index in [1.54, 1.807) is 6.07 Å². The molecule has 3 atom stereocenters. The second-order valence-electron chi connectivity index (χ2n) is 10.4. The summed E-state index contributed by atoms with van der Waals surface area (Å²) in [5, 5.41) is 13.0. The number of sulfone groups is 1. The molecule has 2 aliphatic rings. The molecular formula is C29H32FN5O3S2. The topological polar surface area (TPSA) is 116 Å². The summed E-state index contributed by atoms with van der Waals surface area (Å²) in [6.45, 7) is 2.81. The quantitative estimate of drug-likeness (QED) is 0.420. The number of anilines is 1. The molecule has 1 aliphatic carbocycles. The van der Waals surface area contributed by atoms with Crippen LogP contribution in [-0.2, 0) is 14.6 Å². The van der Waals surface area contributed by atoms with Crippen molar-refractivity contribution in [1.82, 2.24) is 15.3 Å². The first kappa shape index (κ1) is 28.2. The molecule has 40 heavy (non-hydrogen) atoms. The summed E-state index contributed by atoms with van der Waals surface area (Å²) in [6, 6.07) is 12.6. The fraction of sp³-hybridized carbons (Fsp3) is 0.448. The number of halogens is 1. The summed E-state index contributed by atoms with van der Waals surface area (Å²) >= 11 is 1.47. The molecule has 1 aromatic carbocycles. The SMILES string of the molecule is CCC(C#N)NC(=O)C1CCCC[C@H]1c1nc(-c2ccc(F)cn2)sc1-c1ccc(N2CCS(=O)(=O)CC2)cc1. The lowest BCUT2D eigenvalue weighted by Gasteiger charge is -2.31. The summed E-state index contributed by atoms with van der Waals surface area (Å²) in [4.78, 5) is 25.6. The lowest BCUT2D eigenvalue weighted by molar-refractivity contribution is -0.127. The summed E-state index contributed by atoms with van der Waals surface area (Å²) in [5.74, 6) is -0.671. The van der Waals surface area contributed by atoms with Gasteiger partial charge in [-0.25, -0.2) is 17.8 Å². The molecule has 0 bridgehead atoms. The van der Waals surface area contributed by atoms with Gasteiger partial charge in [0.2, 0.25) is 5.91 Å². The summed E-state index contributed by atoms with van der Waals surface area (Å²) in [5.41, 5.74) is 3.30. The highest BCUT2D eigenvalue weighted by Crippen LogP contribution is 2.45. The van der Waals surface area contributed by atoms with Gasteiger partial charge in [0.25, 0.3) is 0 Å². The molecule has 210 valence electrons. The van der Waals surface area contributed by atoms with E-state index in [4.69, 9.17) is 4.98 Å². The molecule has 0 spiro atoms. The zero-order valence-electron chi connectivity index (χ0n) is 22.3. The van der Waals surface area contributed by atoms with Crippen LogP contribution >= 0.6 is 11.3 Å². The van der Waals surface area contributed by atoms with E-state index in [1.807, 2.05) is 31.2 Å².